The lowest BCUT2D eigenvalue weighted by Crippen LogP contribution is -2.02. The fraction of sp³-hybridized carbons (Fsp3) is 0.308. The third-order valence-electron chi connectivity index (χ3n) is 2.80. The lowest BCUT2D eigenvalue weighted by Gasteiger charge is -2.03. The number of hydrogen-bond acceptors (Lipinski definition) is 2. The molecule has 2 rings (SSSR count). The van der Waals surface area contributed by atoms with E-state index < -0.39 is 0 Å². The van der Waals surface area contributed by atoms with E-state index in [1.165, 1.54) is 5.56 Å². The van der Waals surface area contributed by atoms with Crippen LogP contribution in [0, 0.1) is 0 Å². The van der Waals surface area contributed by atoms with Crippen LogP contribution in [0.15, 0.2) is 30.3 Å². The highest BCUT2D eigenvalue weighted by atomic mass is 15.3. The summed E-state index contributed by atoms with van der Waals surface area (Å²) >= 11 is 0. The molecule has 0 aliphatic heterocycles. The second kappa shape index (κ2) is 4.39. The molecule has 0 aliphatic carbocycles. The zero-order valence-electron chi connectivity index (χ0n) is 9.77. The van der Waals surface area contributed by atoms with Gasteiger partial charge in [0.05, 0.1) is 11.4 Å². The van der Waals surface area contributed by atoms with Crippen molar-refractivity contribution in [2.24, 2.45) is 0 Å². The highest BCUT2D eigenvalue weighted by Crippen LogP contribution is 2.21. The average Bonchev–Trinajstić information content (AvgIpc) is 2.66. The van der Waals surface area contributed by atoms with Crippen molar-refractivity contribution in [3.8, 4) is 5.69 Å². The molecule has 0 saturated carbocycles. The quantitative estimate of drug-likeness (QED) is 0.855. The van der Waals surface area contributed by atoms with Crippen molar-refractivity contribution in [3.05, 3.63) is 41.6 Å². The molecule has 1 heterocycles. The molecule has 3 nitrogen and oxygen atoms in total. The van der Waals surface area contributed by atoms with Crippen LogP contribution < -0.4 is 5.73 Å². The number of nitrogen functional groups attached to an aromatic ring is 1. The van der Waals surface area contributed by atoms with Crippen molar-refractivity contribution in [2.45, 2.75) is 26.7 Å². The molecule has 0 aliphatic rings. The summed E-state index contributed by atoms with van der Waals surface area (Å²) in [5.41, 5.74) is 9.42. The molecule has 0 amide bonds. The molecule has 0 saturated heterocycles. The minimum absolute atomic E-state index is 0.769. The van der Waals surface area contributed by atoms with Crippen molar-refractivity contribution in [1.29, 1.82) is 0 Å². The number of benzene rings is 1. The Hall–Kier alpha value is -1.77. The van der Waals surface area contributed by atoms with Crippen molar-refractivity contribution >= 4 is 5.82 Å². The zero-order chi connectivity index (χ0) is 11.5. The summed E-state index contributed by atoms with van der Waals surface area (Å²) in [6.45, 7) is 4.22. The Labute approximate surface area is 95.9 Å². The highest BCUT2D eigenvalue weighted by Gasteiger charge is 2.13. The first-order valence-corrected chi connectivity index (χ1v) is 5.69. The monoisotopic (exact) mass is 215 g/mol. The normalized spacial score (nSPS) is 10.6. The summed E-state index contributed by atoms with van der Waals surface area (Å²) in [6, 6.07) is 10.0. The van der Waals surface area contributed by atoms with Crippen molar-refractivity contribution < 1.29 is 0 Å². The predicted molar refractivity (Wildman–Crippen MR) is 66.7 cm³/mol. The molecule has 16 heavy (non-hydrogen) atoms. The summed E-state index contributed by atoms with van der Waals surface area (Å²) in [7, 11) is 0. The van der Waals surface area contributed by atoms with Crippen LogP contribution in [0.3, 0.4) is 0 Å². The van der Waals surface area contributed by atoms with Gasteiger partial charge in [0, 0.05) is 5.56 Å². The number of hydrogen-bond donors (Lipinski definition) is 1. The number of aromatic nitrogens is 2. The Morgan fingerprint density at radius 1 is 1.12 bits per heavy atom. The van der Waals surface area contributed by atoms with Crippen LogP contribution in [-0.2, 0) is 12.8 Å². The van der Waals surface area contributed by atoms with Crippen LogP contribution in [0.5, 0.6) is 0 Å². The Morgan fingerprint density at radius 3 is 2.31 bits per heavy atom. The minimum atomic E-state index is 0.769. The maximum Gasteiger partial charge on any atom is 0.130 e. The van der Waals surface area contributed by atoms with Crippen LogP contribution in [0.2, 0.25) is 0 Å². The molecule has 2 aromatic rings. The largest absolute Gasteiger partial charge is 0.383 e. The molecule has 0 fully saturated rings. The summed E-state index contributed by atoms with van der Waals surface area (Å²) in [5.74, 6) is 0.769. The van der Waals surface area contributed by atoms with E-state index in [2.05, 4.69) is 18.9 Å². The van der Waals surface area contributed by atoms with Gasteiger partial charge in [-0.15, -0.1) is 0 Å². The van der Waals surface area contributed by atoms with Gasteiger partial charge in [0.15, 0.2) is 0 Å². The fourth-order valence-corrected chi connectivity index (χ4v) is 1.95. The molecule has 84 valence electrons. The lowest BCUT2D eigenvalue weighted by molar-refractivity contribution is 0.847. The number of para-hydroxylation sites is 1. The summed E-state index contributed by atoms with van der Waals surface area (Å²) in [5, 5.41) is 4.56. The maximum absolute atomic E-state index is 6.12. The standard InChI is InChI=1S/C13H17N3/c1-3-11-12(4-2)15-16(13(11)14)10-8-6-5-7-9-10/h5-9H,3-4,14H2,1-2H3. The van der Waals surface area contributed by atoms with Crippen LogP contribution in [0.25, 0.3) is 5.69 Å². The smallest absolute Gasteiger partial charge is 0.130 e. The van der Waals surface area contributed by atoms with E-state index in [1.54, 1.807) is 0 Å². The van der Waals surface area contributed by atoms with Crippen LogP contribution in [0.4, 0.5) is 5.82 Å². The first-order chi connectivity index (χ1) is 7.77. The third kappa shape index (κ3) is 1.69. The molecule has 0 bridgehead atoms. The molecule has 0 unspecified atom stereocenters. The van der Waals surface area contributed by atoms with Crippen molar-refractivity contribution in [1.82, 2.24) is 9.78 Å². The van der Waals surface area contributed by atoms with E-state index in [-0.39, 0.29) is 0 Å². The van der Waals surface area contributed by atoms with Gasteiger partial charge in [-0.2, -0.15) is 5.10 Å². The Kier molecular flexibility index (Phi) is 2.95. The molecule has 1 aromatic heterocycles. The van der Waals surface area contributed by atoms with Gasteiger partial charge in [0.2, 0.25) is 0 Å². The van der Waals surface area contributed by atoms with Gasteiger partial charge >= 0.3 is 0 Å². The van der Waals surface area contributed by atoms with Gasteiger partial charge < -0.3 is 5.73 Å². The Bertz CT molecular complexity index is 471. The summed E-state index contributed by atoms with van der Waals surface area (Å²) < 4.78 is 1.83. The van der Waals surface area contributed by atoms with E-state index in [4.69, 9.17) is 5.73 Å². The average molecular weight is 215 g/mol. The number of rotatable bonds is 3. The SMILES string of the molecule is CCc1nn(-c2ccccc2)c(N)c1CC. The third-order valence-corrected chi connectivity index (χ3v) is 2.80. The molecule has 3 heteroatoms. The lowest BCUT2D eigenvalue weighted by atomic mass is 10.1. The second-order valence-corrected chi connectivity index (χ2v) is 3.76. The first kappa shape index (κ1) is 10.7. The van der Waals surface area contributed by atoms with Crippen molar-refractivity contribution in [3.63, 3.8) is 0 Å². The van der Waals surface area contributed by atoms with Gasteiger partial charge in [-0.1, -0.05) is 32.0 Å². The van der Waals surface area contributed by atoms with Gasteiger partial charge in [0.1, 0.15) is 5.82 Å². The Balaban J connectivity index is 2.54. The van der Waals surface area contributed by atoms with Crippen LogP contribution in [0.1, 0.15) is 25.1 Å². The van der Waals surface area contributed by atoms with E-state index in [0.717, 1.165) is 30.0 Å². The van der Waals surface area contributed by atoms with Crippen LogP contribution >= 0.6 is 0 Å². The summed E-state index contributed by atoms with van der Waals surface area (Å²) in [6.07, 6.45) is 1.86. The molecule has 0 radical (unpaired) electrons. The first-order valence-electron chi connectivity index (χ1n) is 5.69. The molecular formula is C13H17N3. The van der Waals surface area contributed by atoms with E-state index >= 15 is 0 Å². The second-order valence-electron chi connectivity index (χ2n) is 3.76. The maximum atomic E-state index is 6.12. The molecule has 0 spiro atoms. The predicted octanol–water partition coefficient (Wildman–Crippen LogP) is 2.58. The van der Waals surface area contributed by atoms with E-state index in [9.17, 15) is 0 Å². The molecular weight excluding hydrogens is 198 g/mol. The number of aryl methyl sites for hydroxylation is 1. The minimum Gasteiger partial charge on any atom is -0.383 e. The van der Waals surface area contributed by atoms with E-state index in [1.807, 2.05) is 35.0 Å². The van der Waals surface area contributed by atoms with E-state index in [0.29, 0.717) is 0 Å². The molecule has 2 N–H and O–H groups in total. The topological polar surface area (TPSA) is 43.8 Å². The zero-order valence-corrected chi connectivity index (χ0v) is 9.77. The van der Waals surface area contributed by atoms with Gasteiger partial charge in [-0.3, -0.25) is 0 Å². The number of nitrogens with two attached hydrogens (primary N) is 1. The number of anilines is 1. The van der Waals surface area contributed by atoms with Crippen LogP contribution in [-0.4, -0.2) is 9.78 Å². The number of nitrogens with zero attached hydrogens (tertiary/aromatic N) is 2. The molecule has 1 aromatic carbocycles. The Morgan fingerprint density at radius 2 is 1.81 bits per heavy atom. The molecule has 0 atom stereocenters. The summed E-state index contributed by atoms with van der Waals surface area (Å²) in [4.78, 5) is 0. The van der Waals surface area contributed by atoms with Gasteiger partial charge in [-0.25, -0.2) is 4.68 Å². The van der Waals surface area contributed by atoms with Gasteiger partial charge in [0.25, 0.3) is 0 Å². The highest BCUT2D eigenvalue weighted by molar-refractivity contribution is 5.50. The van der Waals surface area contributed by atoms with Gasteiger partial charge in [-0.05, 0) is 25.0 Å². The van der Waals surface area contributed by atoms with Crippen molar-refractivity contribution in [2.75, 3.05) is 5.73 Å². The fourth-order valence-electron chi connectivity index (χ4n) is 1.95.